The predicted molar refractivity (Wildman–Crippen MR) is 92.5 cm³/mol. The maximum absolute atomic E-state index is 12.5. The van der Waals surface area contributed by atoms with Gasteiger partial charge in [-0.2, -0.15) is 8.42 Å². The third-order valence-corrected chi connectivity index (χ3v) is 3.89. The molecule has 0 saturated carbocycles. The highest BCUT2D eigenvalue weighted by Crippen LogP contribution is 2.36. The van der Waals surface area contributed by atoms with Crippen LogP contribution in [0.2, 0.25) is 0 Å². The van der Waals surface area contributed by atoms with Gasteiger partial charge in [0.25, 0.3) is 0 Å². The van der Waals surface area contributed by atoms with Gasteiger partial charge < -0.3 is 13.7 Å². The molecule has 1 heterocycles. The molecule has 0 aromatic heterocycles. The number of Topliss-reactive ketones (excluding diaryl/α,β-unsaturated/α-hetero) is 1. The number of hydrogen-bond donors (Lipinski definition) is 0. The Hall–Kier alpha value is -2.80. The largest absolute Gasteiger partial charge is 0.493 e. The van der Waals surface area contributed by atoms with Crippen LogP contribution in [0.15, 0.2) is 48.2 Å². The Morgan fingerprint density at radius 1 is 1.16 bits per heavy atom. The molecule has 130 valence electrons. The number of carbonyl (C=O) groups is 1. The minimum absolute atomic E-state index is 0.0880. The average molecular weight is 360 g/mol. The standard InChI is InChI=1S/C18H16O6S/c1-3-22-15-7-5-4-6-12(15)10-17-18(19)14-9-8-13(11-16(14)23-17)24-25(2,20)21/h4-11H,3H2,1-2H3. The first-order chi connectivity index (χ1) is 11.9. The number of benzene rings is 2. The Labute approximate surface area is 145 Å². The van der Waals surface area contributed by atoms with Crippen molar-refractivity contribution in [1.82, 2.24) is 0 Å². The second-order valence-electron chi connectivity index (χ2n) is 5.36. The van der Waals surface area contributed by atoms with Gasteiger partial charge in [-0.1, -0.05) is 18.2 Å². The second-order valence-corrected chi connectivity index (χ2v) is 6.93. The molecule has 0 saturated heterocycles. The summed E-state index contributed by atoms with van der Waals surface area (Å²) in [6, 6.07) is 11.6. The monoisotopic (exact) mass is 360 g/mol. The van der Waals surface area contributed by atoms with E-state index in [9.17, 15) is 13.2 Å². The van der Waals surface area contributed by atoms with Crippen LogP contribution < -0.4 is 13.7 Å². The number of carbonyl (C=O) groups excluding carboxylic acids is 1. The molecule has 25 heavy (non-hydrogen) atoms. The topological polar surface area (TPSA) is 78.9 Å². The molecular weight excluding hydrogens is 344 g/mol. The zero-order valence-corrected chi connectivity index (χ0v) is 14.5. The lowest BCUT2D eigenvalue weighted by molar-refractivity contribution is 0.101. The second kappa shape index (κ2) is 6.60. The van der Waals surface area contributed by atoms with Crippen molar-refractivity contribution in [3.05, 3.63) is 59.4 Å². The Bertz CT molecular complexity index is 959. The van der Waals surface area contributed by atoms with Crippen molar-refractivity contribution in [2.45, 2.75) is 6.92 Å². The molecule has 0 radical (unpaired) electrons. The molecule has 0 N–H and O–H groups in total. The summed E-state index contributed by atoms with van der Waals surface area (Å²) in [7, 11) is -3.65. The molecule has 1 aliphatic heterocycles. The SMILES string of the molecule is CCOc1ccccc1C=C1Oc2cc(OS(C)(=O)=O)ccc2C1=O. The van der Waals surface area contributed by atoms with E-state index in [1.54, 1.807) is 12.1 Å². The summed E-state index contributed by atoms with van der Waals surface area (Å²) in [5, 5.41) is 0. The summed E-state index contributed by atoms with van der Waals surface area (Å²) in [5.74, 6) is 0.841. The Kier molecular flexibility index (Phi) is 4.50. The number of ketones is 1. The van der Waals surface area contributed by atoms with E-state index in [4.69, 9.17) is 13.7 Å². The number of allylic oxidation sites excluding steroid dienone is 1. The average Bonchev–Trinajstić information content (AvgIpc) is 2.83. The first kappa shape index (κ1) is 17.0. The molecule has 0 bridgehead atoms. The van der Waals surface area contributed by atoms with E-state index in [0.29, 0.717) is 23.5 Å². The van der Waals surface area contributed by atoms with Crippen LogP contribution >= 0.6 is 0 Å². The summed E-state index contributed by atoms with van der Waals surface area (Å²) < 4.78 is 38.4. The highest BCUT2D eigenvalue weighted by atomic mass is 32.2. The lowest BCUT2D eigenvalue weighted by Gasteiger charge is -2.07. The van der Waals surface area contributed by atoms with Gasteiger partial charge in [-0.15, -0.1) is 0 Å². The number of rotatable bonds is 5. The van der Waals surface area contributed by atoms with E-state index in [1.165, 1.54) is 18.2 Å². The minimum atomic E-state index is -3.65. The van der Waals surface area contributed by atoms with Crippen LogP contribution in [0.1, 0.15) is 22.8 Å². The molecule has 0 aliphatic carbocycles. The molecule has 7 heteroatoms. The van der Waals surface area contributed by atoms with Gasteiger partial charge in [-0.3, -0.25) is 4.79 Å². The highest BCUT2D eigenvalue weighted by Gasteiger charge is 2.28. The van der Waals surface area contributed by atoms with Gasteiger partial charge in [-0.05, 0) is 31.2 Å². The summed E-state index contributed by atoms with van der Waals surface area (Å²) in [6.07, 6.45) is 2.55. The van der Waals surface area contributed by atoms with E-state index in [2.05, 4.69) is 0 Å². The lowest BCUT2D eigenvalue weighted by atomic mass is 10.1. The van der Waals surface area contributed by atoms with Gasteiger partial charge in [0, 0.05) is 11.6 Å². The molecule has 0 atom stereocenters. The zero-order valence-electron chi connectivity index (χ0n) is 13.7. The van der Waals surface area contributed by atoms with Gasteiger partial charge in [0.15, 0.2) is 5.76 Å². The third-order valence-electron chi connectivity index (χ3n) is 3.39. The fourth-order valence-corrected chi connectivity index (χ4v) is 2.88. The van der Waals surface area contributed by atoms with Crippen molar-refractivity contribution >= 4 is 22.0 Å². The molecule has 6 nitrogen and oxygen atoms in total. The molecule has 0 spiro atoms. The quantitative estimate of drug-likeness (QED) is 0.602. The number of para-hydroxylation sites is 1. The Morgan fingerprint density at radius 2 is 1.92 bits per heavy atom. The van der Waals surface area contributed by atoms with Gasteiger partial charge >= 0.3 is 10.1 Å². The zero-order chi connectivity index (χ0) is 18.0. The first-order valence-electron chi connectivity index (χ1n) is 7.57. The summed E-state index contributed by atoms with van der Waals surface area (Å²) >= 11 is 0. The van der Waals surface area contributed by atoms with E-state index in [-0.39, 0.29) is 23.0 Å². The minimum Gasteiger partial charge on any atom is -0.493 e. The molecule has 0 amide bonds. The molecule has 2 aromatic rings. The van der Waals surface area contributed by atoms with E-state index in [0.717, 1.165) is 6.26 Å². The van der Waals surface area contributed by atoms with Crippen molar-refractivity contribution in [2.75, 3.05) is 12.9 Å². The number of ether oxygens (including phenoxy) is 2. The first-order valence-corrected chi connectivity index (χ1v) is 9.38. The summed E-state index contributed by atoms with van der Waals surface area (Å²) in [6.45, 7) is 2.38. The van der Waals surface area contributed by atoms with Crippen LogP contribution in [-0.4, -0.2) is 27.1 Å². The number of fused-ring (bicyclic) bond motifs is 1. The fourth-order valence-electron chi connectivity index (χ4n) is 2.42. The van der Waals surface area contributed by atoms with E-state index >= 15 is 0 Å². The Morgan fingerprint density at radius 3 is 2.64 bits per heavy atom. The van der Waals surface area contributed by atoms with Crippen LogP contribution in [0.3, 0.4) is 0 Å². The van der Waals surface area contributed by atoms with Crippen LogP contribution in [0.25, 0.3) is 6.08 Å². The van der Waals surface area contributed by atoms with Crippen molar-refractivity contribution in [3.8, 4) is 17.2 Å². The lowest BCUT2D eigenvalue weighted by Crippen LogP contribution is -2.05. The van der Waals surface area contributed by atoms with Crippen molar-refractivity contribution in [3.63, 3.8) is 0 Å². The fraction of sp³-hybridized carbons (Fsp3) is 0.167. The van der Waals surface area contributed by atoms with Gasteiger partial charge in [0.05, 0.1) is 18.4 Å². The molecule has 2 aromatic carbocycles. The van der Waals surface area contributed by atoms with Gasteiger partial charge in [0.1, 0.15) is 17.2 Å². The predicted octanol–water partition coefficient (Wildman–Crippen LogP) is 3.04. The van der Waals surface area contributed by atoms with Crippen LogP contribution in [-0.2, 0) is 10.1 Å². The van der Waals surface area contributed by atoms with Crippen LogP contribution in [0.4, 0.5) is 0 Å². The molecule has 3 rings (SSSR count). The highest BCUT2D eigenvalue weighted by molar-refractivity contribution is 7.86. The molecule has 0 unspecified atom stereocenters. The maximum Gasteiger partial charge on any atom is 0.306 e. The van der Waals surface area contributed by atoms with Crippen molar-refractivity contribution in [2.24, 2.45) is 0 Å². The third kappa shape index (κ3) is 3.83. The summed E-state index contributed by atoms with van der Waals surface area (Å²) in [4.78, 5) is 12.5. The van der Waals surface area contributed by atoms with E-state index in [1.807, 2.05) is 25.1 Å². The van der Waals surface area contributed by atoms with Crippen LogP contribution in [0.5, 0.6) is 17.2 Å². The molecular formula is C18H16O6S. The number of hydrogen-bond acceptors (Lipinski definition) is 6. The molecule has 0 fully saturated rings. The molecule has 1 aliphatic rings. The Balaban J connectivity index is 1.92. The summed E-state index contributed by atoms with van der Waals surface area (Å²) in [5.41, 5.74) is 1.06. The van der Waals surface area contributed by atoms with Crippen molar-refractivity contribution < 1.29 is 26.9 Å². The van der Waals surface area contributed by atoms with Crippen LogP contribution in [0, 0.1) is 0 Å². The normalized spacial score (nSPS) is 15.0. The van der Waals surface area contributed by atoms with Crippen molar-refractivity contribution in [1.29, 1.82) is 0 Å². The van der Waals surface area contributed by atoms with Gasteiger partial charge in [-0.25, -0.2) is 0 Å². The van der Waals surface area contributed by atoms with Gasteiger partial charge in [0.2, 0.25) is 5.78 Å². The smallest absolute Gasteiger partial charge is 0.306 e. The maximum atomic E-state index is 12.5. The van der Waals surface area contributed by atoms with E-state index < -0.39 is 10.1 Å².